The van der Waals surface area contributed by atoms with Crippen LogP contribution in [0.1, 0.15) is 11.3 Å². The fourth-order valence-corrected chi connectivity index (χ4v) is 2.39. The van der Waals surface area contributed by atoms with Gasteiger partial charge in [-0.25, -0.2) is 4.99 Å². The van der Waals surface area contributed by atoms with Gasteiger partial charge in [0.25, 0.3) is 0 Å². The number of hydrogen-bond acceptors (Lipinski definition) is 4. The number of fused-ring (bicyclic) bond motifs is 1. The predicted octanol–water partition coefficient (Wildman–Crippen LogP) is 2.58. The number of hydrogen-bond donors (Lipinski definition) is 0. The molecule has 1 atom stereocenters. The second kappa shape index (κ2) is 4.21. The van der Waals surface area contributed by atoms with Crippen molar-refractivity contribution in [2.45, 2.75) is 5.41 Å². The van der Waals surface area contributed by atoms with E-state index in [0.717, 1.165) is 11.3 Å². The van der Waals surface area contributed by atoms with E-state index in [2.05, 4.69) is 16.0 Å². The molecule has 1 aromatic carbocycles. The topological polar surface area (TPSA) is 58.3 Å². The zero-order valence-electron chi connectivity index (χ0n) is 10.4. The Morgan fingerprint density at radius 2 is 1.95 bits per heavy atom. The van der Waals surface area contributed by atoms with Crippen LogP contribution >= 0.6 is 0 Å². The highest BCUT2D eigenvalue weighted by atomic mass is 16.5. The zero-order chi connectivity index (χ0) is 13.3. The number of pyridine rings is 1. The second-order valence-electron chi connectivity index (χ2n) is 4.22. The summed E-state index contributed by atoms with van der Waals surface area (Å²) in [5, 5.41) is 9.77. The van der Waals surface area contributed by atoms with Crippen molar-refractivity contribution < 1.29 is 4.74 Å². The fourth-order valence-electron chi connectivity index (χ4n) is 2.39. The van der Waals surface area contributed by atoms with Crippen LogP contribution in [0.15, 0.2) is 53.7 Å². The molecule has 92 valence electrons. The molecule has 0 saturated heterocycles. The second-order valence-corrected chi connectivity index (χ2v) is 4.22. The summed E-state index contributed by atoms with van der Waals surface area (Å²) < 4.78 is 5.34. The van der Waals surface area contributed by atoms with Crippen LogP contribution in [0.3, 0.4) is 0 Å². The third-order valence-electron chi connectivity index (χ3n) is 3.26. The van der Waals surface area contributed by atoms with Crippen molar-refractivity contribution in [2.24, 2.45) is 4.99 Å². The molecule has 1 aliphatic heterocycles. The van der Waals surface area contributed by atoms with E-state index in [-0.39, 0.29) is 0 Å². The molecular formula is C15H11N3O. The van der Waals surface area contributed by atoms with E-state index in [1.165, 1.54) is 7.11 Å². The molecule has 0 bridgehead atoms. The molecule has 0 amide bonds. The van der Waals surface area contributed by atoms with Crippen LogP contribution in [0.25, 0.3) is 0 Å². The Bertz CT molecular complexity index is 688. The Hall–Kier alpha value is -2.67. The molecule has 2 aromatic rings. The third kappa shape index (κ3) is 1.45. The van der Waals surface area contributed by atoms with Crippen molar-refractivity contribution in [1.29, 1.82) is 5.26 Å². The SMILES string of the molecule is COC1=Nc2ccccc2C1(C#N)c1ccccn1. The number of rotatable bonds is 1. The van der Waals surface area contributed by atoms with Gasteiger partial charge in [-0.05, 0) is 18.2 Å². The van der Waals surface area contributed by atoms with E-state index >= 15 is 0 Å². The lowest BCUT2D eigenvalue weighted by molar-refractivity contribution is 0.379. The van der Waals surface area contributed by atoms with Gasteiger partial charge < -0.3 is 4.74 Å². The van der Waals surface area contributed by atoms with Crippen molar-refractivity contribution >= 4 is 11.6 Å². The van der Waals surface area contributed by atoms with Gasteiger partial charge in [-0.1, -0.05) is 24.3 Å². The highest BCUT2D eigenvalue weighted by Crippen LogP contribution is 2.43. The molecule has 1 aliphatic rings. The van der Waals surface area contributed by atoms with Crippen LogP contribution in [0.2, 0.25) is 0 Å². The number of methoxy groups -OCH3 is 1. The lowest BCUT2D eigenvalue weighted by atomic mass is 9.79. The first-order valence-corrected chi connectivity index (χ1v) is 5.88. The van der Waals surface area contributed by atoms with Crippen LogP contribution < -0.4 is 0 Å². The van der Waals surface area contributed by atoms with Crippen molar-refractivity contribution in [2.75, 3.05) is 7.11 Å². The van der Waals surface area contributed by atoms with E-state index in [1.807, 2.05) is 42.5 Å². The minimum Gasteiger partial charge on any atom is -0.482 e. The van der Waals surface area contributed by atoms with Gasteiger partial charge in [0, 0.05) is 11.8 Å². The van der Waals surface area contributed by atoms with Gasteiger partial charge in [-0.3, -0.25) is 4.98 Å². The largest absolute Gasteiger partial charge is 0.482 e. The predicted molar refractivity (Wildman–Crippen MR) is 71.2 cm³/mol. The molecule has 0 radical (unpaired) electrons. The Morgan fingerprint density at radius 1 is 1.16 bits per heavy atom. The molecule has 0 saturated carbocycles. The molecule has 0 N–H and O–H groups in total. The fraction of sp³-hybridized carbons (Fsp3) is 0.133. The Morgan fingerprint density at radius 3 is 2.63 bits per heavy atom. The van der Waals surface area contributed by atoms with Gasteiger partial charge in [-0.2, -0.15) is 5.26 Å². The van der Waals surface area contributed by atoms with E-state index in [0.29, 0.717) is 11.6 Å². The zero-order valence-corrected chi connectivity index (χ0v) is 10.4. The first kappa shape index (κ1) is 11.4. The first-order valence-electron chi connectivity index (χ1n) is 5.88. The van der Waals surface area contributed by atoms with E-state index in [4.69, 9.17) is 4.74 Å². The van der Waals surface area contributed by atoms with Crippen molar-refractivity contribution in [3.8, 4) is 6.07 Å². The molecule has 2 heterocycles. The average Bonchev–Trinajstić information content (AvgIpc) is 2.82. The highest BCUT2D eigenvalue weighted by molar-refractivity contribution is 6.02. The molecule has 1 aromatic heterocycles. The first-order chi connectivity index (χ1) is 9.32. The van der Waals surface area contributed by atoms with Crippen LogP contribution in [0.5, 0.6) is 0 Å². The van der Waals surface area contributed by atoms with Gasteiger partial charge in [0.2, 0.25) is 11.3 Å². The summed E-state index contributed by atoms with van der Waals surface area (Å²) in [6.07, 6.45) is 1.67. The van der Waals surface area contributed by atoms with Crippen LogP contribution in [-0.2, 0) is 10.2 Å². The molecule has 0 aliphatic carbocycles. The van der Waals surface area contributed by atoms with Gasteiger partial charge in [-0.15, -0.1) is 0 Å². The number of nitriles is 1. The summed E-state index contributed by atoms with van der Waals surface area (Å²) in [7, 11) is 1.53. The molecule has 1 unspecified atom stereocenters. The van der Waals surface area contributed by atoms with Crippen LogP contribution in [0, 0.1) is 11.3 Å². The number of nitrogens with zero attached hydrogens (tertiary/aromatic N) is 3. The molecular weight excluding hydrogens is 238 g/mol. The lowest BCUT2D eigenvalue weighted by Gasteiger charge is -2.22. The standard InChI is InChI=1S/C15H11N3O/c1-19-14-15(10-16,13-8-4-5-9-17-13)11-6-2-3-7-12(11)18-14/h2-9H,1H3. The maximum atomic E-state index is 9.77. The minimum atomic E-state index is -1.05. The molecule has 0 fully saturated rings. The van der Waals surface area contributed by atoms with Gasteiger partial charge in [0.05, 0.1) is 24.6 Å². The maximum Gasteiger partial charge on any atom is 0.220 e. The van der Waals surface area contributed by atoms with E-state index in [9.17, 15) is 5.26 Å². The summed E-state index contributed by atoms with van der Waals surface area (Å²) in [5.74, 6) is 0.370. The summed E-state index contributed by atoms with van der Waals surface area (Å²) in [6, 6.07) is 15.4. The molecule has 4 nitrogen and oxygen atoms in total. The summed E-state index contributed by atoms with van der Waals surface area (Å²) in [5.41, 5.74) is 1.15. The Balaban J connectivity index is 2.32. The van der Waals surface area contributed by atoms with Crippen LogP contribution in [0.4, 0.5) is 5.69 Å². The minimum absolute atomic E-state index is 0.370. The maximum absolute atomic E-state index is 9.77. The van der Waals surface area contributed by atoms with Crippen molar-refractivity contribution in [3.05, 3.63) is 59.9 Å². The Labute approximate surface area is 111 Å². The molecule has 0 spiro atoms. The Kier molecular flexibility index (Phi) is 2.53. The number of aliphatic imine (C=N–C) groups is 1. The monoisotopic (exact) mass is 249 g/mol. The average molecular weight is 249 g/mol. The van der Waals surface area contributed by atoms with Crippen molar-refractivity contribution in [3.63, 3.8) is 0 Å². The van der Waals surface area contributed by atoms with Gasteiger partial charge in [0.15, 0.2) is 0 Å². The summed E-state index contributed by atoms with van der Waals surface area (Å²) in [4.78, 5) is 8.72. The van der Waals surface area contributed by atoms with E-state index < -0.39 is 5.41 Å². The lowest BCUT2D eigenvalue weighted by Crippen LogP contribution is -2.34. The van der Waals surface area contributed by atoms with Crippen molar-refractivity contribution in [1.82, 2.24) is 4.98 Å². The molecule has 4 heteroatoms. The van der Waals surface area contributed by atoms with Crippen LogP contribution in [-0.4, -0.2) is 18.0 Å². The summed E-state index contributed by atoms with van der Waals surface area (Å²) in [6.45, 7) is 0. The number of ether oxygens (including phenoxy) is 1. The number of aromatic nitrogens is 1. The van der Waals surface area contributed by atoms with Gasteiger partial charge in [0.1, 0.15) is 0 Å². The molecule has 19 heavy (non-hydrogen) atoms. The third-order valence-corrected chi connectivity index (χ3v) is 3.26. The highest BCUT2D eigenvalue weighted by Gasteiger charge is 2.48. The normalized spacial score (nSPS) is 20.3. The summed E-state index contributed by atoms with van der Waals surface area (Å²) >= 11 is 0. The number of benzene rings is 1. The number of para-hydroxylation sites is 1. The van der Waals surface area contributed by atoms with Gasteiger partial charge >= 0.3 is 0 Å². The smallest absolute Gasteiger partial charge is 0.220 e. The molecule has 3 rings (SSSR count). The van der Waals surface area contributed by atoms with E-state index in [1.54, 1.807) is 6.20 Å². The quantitative estimate of drug-likeness (QED) is 0.780.